The summed E-state index contributed by atoms with van der Waals surface area (Å²) < 4.78 is 11.1. The van der Waals surface area contributed by atoms with Crippen molar-refractivity contribution in [2.45, 2.75) is 37.4 Å². The number of epoxide rings is 2. The normalized spacial score (nSPS) is 24.2. The van der Waals surface area contributed by atoms with Gasteiger partial charge in [-0.2, -0.15) is 0 Å². The lowest BCUT2D eigenvalue weighted by molar-refractivity contribution is 0.241. The van der Waals surface area contributed by atoms with E-state index in [1.165, 1.54) is 11.1 Å². The second-order valence-corrected chi connectivity index (χ2v) is 7.01. The van der Waals surface area contributed by atoms with E-state index < -0.39 is 0 Å². The summed E-state index contributed by atoms with van der Waals surface area (Å²) in [4.78, 5) is 0. The van der Waals surface area contributed by atoms with E-state index in [1.807, 2.05) is 0 Å². The maximum absolute atomic E-state index is 5.57. The first-order valence-electron chi connectivity index (χ1n) is 8.61. The molecular weight excluding hydrogens is 284 g/mol. The Hall–Kier alpha value is -1.64. The molecule has 2 saturated heterocycles. The van der Waals surface area contributed by atoms with Gasteiger partial charge in [0, 0.05) is 5.41 Å². The van der Waals surface area contributed by atoms with E-state index in [1.54, 1.807) is 0 Å². The first-order chi connectivity index (χ1) is 11.3. The molecule has 2 fully saturated rings. The molecule has 2 aromatic carbocycles. The van der Waals surface area contributed by atoms with Crippen molar-refractivity contribution in [2.75, 3.05) is 13.2 Å². The van der Waals surface area contributed by atoms with Gasteiger partial charge in [-0.15, -0.1) is 0 Å². The second-order valence-electron chi connectivity index (χ2n) is 7.01. The molecule has 0 bridgehead atoms. The van der Waals surface area contributed by atoms with Crippen LogP contribution >= 0.6 is 0 Å². The minimum atomic E-state index is -0.0135. The molecule has 23 heavy (non-hydrogen) atoms. The molecule has 0 saturated carbocycles. The third kappa shape index (κ3) is 3.19. The minimum Gasteiger partial charge on any atom is -0.373 e. The van der Waals surface area contributed by atoms with Crippen molar-refractivity contribution in [3.8, 4) is 0 Å². The van der Waals surface area contributed by atoms with Gasteiger partial charge in [0.15, 0.2) is 0 Å². The number of ether oxygens (including phenoxy) is 2. The molecule has 2 aromatic rings. The number of hydrogen-bond acceptors (Lipinski definition) is 2. The third-order valence-corrected chi connectivity index (χ3v) is 5.46. The van der Waals surface area contributed by atoms with Crippen LogP contribution in [0.25, 0.3) is 0 Å². The van der Waals surface area contributed by atoms with Crippen molar-refractivity contribution < 1.29 is 9.47 Å². The van der Waals surface area contributed by atoms with Gasteiger partial charge < -0.3 is 9.47 Å². The Balaban J connectivity index is 1.75. The molecule has 2 atom stereocenters. The van der Waals surface area contributed by atoms with E-state index in [0.29, 0.717) is 18.1 Å². The largest absolute Gasteiger partial charge is 0.373 e. The minimum absolute atomic E-state index is 0.0135. The van der Waals surface area contributed by atoms with Crippen LogP contribution in [0.15, 0.2) is 60.7 Å². The second kappa shape index (κ2) is 6.10. The molecule has 0 radical (unpaired) electrons. The standard InChI is InChI=1S/C21H24O2/c1-21(16-8-4-2-5-9-16,17-10-6-3-7-11-17)18(12-19-14-22-19)13-20-15-23-20/h2-11,18-20H,12-15H2,1H3. The molecular formula is C21H24O2. The summed E-state index contributed by atoms with van der Waals surface area (Å²) in [5.41, 5.74) is 2.76. The van der Waals surface area contributed by atoms with E-state index in [-0.39, 0.29) is 5.41 Å². The predicted molar refractivity (Wildman–Crippen MR) is 91.5 cm³/mol. The van der Waals surface area contributed by atoms with Gasteiger partial charge in [-0.3, -0.25) is 0 Å². The smallest absolute Gasteiger partial charge is 0.0813 e. The highest BCUT2D eigenvalue weighted by atomic mass is 16.6. The van der Waals surface area contributed by atoms with Crippen LogP contribution in [0.5, 0.6) is 0 Å². The van der Waals surface area contributed by atoms with Gasteiger partial charge in [-0.1, -0.05) is 67.6 Å². The Kier molecular flexibility index (Phi) is 3.96. The monoisotopic (exact) mass is 308 g/mol. The van der Waals surface area contributed by atoms with Crippen molar-refractivity contribution in [1.82, 2.24) is 0 Å². The number of benzene rings is 2. The highest BCUT2D eigenvalue weighted by Crippen LogP contribution is 2.45. The van der Waals surface area contributed by atoms with E-state index in [9.17, 15) is 0 Å². The summed E-state index contributed by atoms with van der Waals surface area (Å²) >= 11 is 0. The third-order valence-electron chi connectivity index (χ3n) is 5.46. The van der Waals surface area contributed by atoms with Crippen LogP contribution in [-0.4, -0.2) is 25.4 Å². The van der Waals surface area contributed by atoms with Crippen molar-refractivity contribution >= 4 is 0 Å². The number of hydrogen-bond donors (Lipinski definition) is 0. The zero-order chi connectivity index (χ0) is 15.7. The number of rotatable bonds is 7. The van der Waals surface area contributed by atoms with Gasteiger partial charge >= 0.3 is 0 Å². The summed E-state index contributed by atoms with van der Waals surface area (Å²) in [7, 11) is 0. The first-order valence-corrected chi connectivity index (χ1v) is 8.61. The Morgan fingerprint density at radius 1 is 0.826 bits per heavy atom. The van der Waals surface area contributed by atoms with Gasteiger partial charge in [0.25, 0.3) is 0 Å². The predicted octanol–water partition coefficient (Wildman–Crippen LogP) is 4.19. The molecule has 0 aliphatic carbocycles. The molecule has 2 unspecified atom stereocenters. The highest BCUT2D eigenvalue weighted by molar-refractivity contribution is 5.39. The maximum Gasteiger partial charge on any atom is 0.0813 e. The highest BCUT2D eigenvalue weighted by Gasteiger charge is 2.43. The fourth-order valence-electron chi connectivity index (χ4n) is 3.82. The fraction of sp³-hybridized carbons (Fsp3) is 0.429. The summed E-state index contributed by atoms with van der Waals surface area (Å²) in [5, 5.41) is 0. The van der Waals surface area contributed by atoms with Gasteiger partial charge in [0.2, 0.25) is 0 Å². The lowest BCUT2D eigenvalue weighted by atomic mass is 9.64. The fourth-order valence-corrected chi connectivity index (χ4v) is 3.82. The van der Waals surface area contributed by atoms with E-state index in [2.05, 4.69) is 67.6 Å². The topological polar surface area (TPSA) is 25.1 Å². The molecule has 4 rings (SSSR count). The maximum atomic E-state index is 5.57. The van der Waals surface area contributed by atoms with Crippen LogP contribution in [0, 0.1) is 5.92 Å². The van der Waals surface area contributed by atoms with E-state index in [4.69, 9.17) is 9.47 Å². The average molecular weight is 308 g/mol. The molecule has 2 heteroatoms. The lowest BCUT2D eigenvalue weighted by Crippen LogP contribution is -2.35. The molecule has 120 valence electrons. The first kappa shape index (κ1) is 14.9. The van der Waals surface area contributed by atoms with Crippen LogP contribution in [-0.2, 0) is 14.9 Å². The van der Waals surface area contributed by atoms with Crippen LogP contribution < -0.4 is 0 Å². The van der Waals surface area contributed by atoms with Gasteiger partial charge in [0.1, 0.15) is 0 Å². The van der Waals surface area contributed by atoms with Gasteiger partial charge in [0.05, 0.1) is 25.4 Å². The van der Waals surface area contributed by atoms with Crippen molar-refractivity contribution in [2.24, 2.45) is 5.92 Å². The van der Waals surface area contributed by atoms with E-state index in [0.717, 1.165) is 26.1 Å². The van der Waals surface area contributed by atoms with Crippen molar-refractivity contribution in [3.05, 3.63) is 71.8 Å². The Morgan fingerprint density at radius 2 is 1.22 bits per heavy atom. The van der Waals surface area contributed by atoms with Crippen LogP contribution in [0.1, 0.15) is 30.9 Å². The average Bonchev–Trinajstić information content (AvgIpc) is 3.51. The Labute approximate surface area is 138 Å². The van der Waals surface area contributed by atoms with Crippen LogP contribution in [0.4, 0.5) is 0 Å². The summed E-state index contributed by atoms with van der Waals surface area (Å²) in [6.07, 6.45) is 3.09. The Bertz CT molecular complexity index is 576. The summed E-state index contributed by atoms with van der Waals surface area (Å²) in [6, 6.07) is 21.8. The SMILES string of the molecule is CC(c1ccccc1)(c1ccccc1)C(CC1CO1)CC1CO1. The van der Waals surface area contributed by atoms with Crippen LogP contribution in [0.2, 0.25) is 0 Å². The summed E-state index contributed by atoms with van der Waals surface area (Å²) in [6.45, 7) is 4.23. The molecule has 2 aliphatic heterocycles. The lowest BCUT2D eigenvalue weighted by Gasteiger charge is -2.39. The molecule has 0 amide bonds. The molecule has 0 aromatic heterocycles. The van der Waals surface area contributed by atoms with Crippen molar-refractivity contribution in [1.29, 1.82) is 0 Å². The summed E-state index contributed by atoms with van der Waals surface area (Å²) in [5.74, 6) is 0.521. The molecule has 0 N–H and O–H groups in total. The molecule has 2 nitrogen and oxygen atoms in total. The van der Waals surface area contributed by atoms with Gasteiger partial charge in [-0.25, -0.2) is 0 Å². The molecule has 0 spiro atoms. The van der Waals surface area contributed by atoms with Crippen molar-refractivity contribution in [3.63, 3.8) is 0 Å². The Morgan fingerprint density at radius 3 is 1.57 bits per heavy atom. The zero-order valence-electron chi connectivity index (χ0n) is 13.7. The zero-order valence-corrected chi connectivity index (χ0v) is 13.7. The molecule has 2 aliphatic rings. The quantitative estimate of drug-likeness (QED) is 0.717. The van der Waals surface area contributed by atoms with Crippen LogP contribution in [0.3, 0.4) is 0 Å². The molecule has 2 heterocycles. The van der Waals surface area contributed by atoms with E-state index >= 15 is 0 Å². The van der Waals surface area contributed by atoms with Gasteiger partial charge in [-0.05, 0) is 29.9 Å².